The maximum atomic E-state index is 14.0. The summed E-state index contributed by atoms with van der Waals surface area (Å²) in [6.45, 7) is 6.37. The minimum atomic E-state index is -0.433. The fraction of sp³-hybridized carbons (Fsp3) is 0.333. The van der Waals surface area contributed by atoms with Crippen LogP contribution in [0.25, 0.3) is 0 Å². The van der Waals surface area contributed by atoms with Gasteiger partial charge in [0.25, 0.3) is 5.91 Å². The molecule has 0 aliphatic carbocycles. The van der Waals surface area contributed by atoms with E-state index < -0.39 is 5.82 Å². The topological polar surface area (TPSA) is 54.5 Å². The lowest BCUT2D eigenvalue weighted by atomic mass is 10.1. The second-order valence-corrected chi connectivity index (χ2v) is 5.92. The lowest BCUT2D eigenvalue weighted by Crippen LogP contribution is -2.36. The number of nitrogens with zero attached hydrogens (tertiary/aromatic N) is 2. The molecule has 1 aromatic carbocycles. The molecule has 6 heteroatoms. The lowest BCUT2D eigenvalue weighted by molar-refractivity contribution is 0.102. The molecule has 0 saturated carbocycles. The molecule has 2 heterocycles. The van der Waals surface area contributed by atoms with Crippen LogP contribution >= 0.6 is 0 Å². The SMILES string of the molecule is Cc1cc(C)nc(NC(=O)c2cc(F)cc(N3CCOCC3)c2)c1. The van der Waals surface area contributed by atoms with Gasteiger partial charge >= 0.3 is 0 Å². The zero-order valence-electron chi connectivity index (χ0n) is 13.8. The molecule has 1 aliphatic rings. The number of halogens is 1. The second-order valence-electron chi connectivity index (χ2n) is 5.92. The van der Waals surface area contributed by atoms with E-state index in [2.05, 4.69) is 10.3 Å². The van der Waals surface area contributed by atoms with Gasteiger partial charge in [0.15, 0.2) is 0 Å². The van der Waals surface area contributed by atoms with Gasteiger partial charge in [0.2, 0.25) is 0 Å². The minimum Gasteiger partial charge on any atom is -0.378 e. The predicted octanol–water partition coefficient (Wildman–Crippen LogP) is 2.93. The van der Waals surface area contributed by atoms with E-state index in [4.69, 9.17) is 4.74 Å². The molecule has 3 rings (SSSR count). The number of ether oxygens (including phenoxy) is 1. The van der Waals surface area contributed by atoms with Gasteiger partial charge in [-0.2, -0.15) is 0 Å². The summed E-state index contributed by atoms with van der Waals surface area (Å²) in [5.74, 6) is -0.339. The first-order valence-corrected chi connectivity index (χ1v) is 7.91. The Kier molecular flexibility index (Phi) is 4.76. The van der Waals surface area contributed by atoms with E-state index in [1.54, 1.807) is 12.1 Å². The van der Waals surface area contributed by atoms with Crippen molar-refractivity contribution in [2.24, 2.45) is 0 Å². The number of aromatic nitrogens is 1. The quantitative estimate of drug-likeness (QED) is 0.941. The molecular formula is C18H20FN3O2. The van der Waals surface area contributed by atoms with Gasteiger partial charge in [0, 0.05) is 30.0 Å². The number of anilines is 2. The largest absolute Gasteiger partial charge is 0.378 e. The maximum absolute atomic E-state index is 14.0. The Morgan fingerprint density at radius 2 is 1.92 bits per heavy atom. The van der Waals surface area contributed by atoms with Crippen LogP contribution in [0.1, 0.15) is 21.6 Å². The Hall–Kier alpha value is -2.47. The summed E-state index contributed by atoms with van der Waals surface area (Å²) in [5, 5.41) is 2.74. The highest BCUT2D eigenvalue weighted by Gasteiger charge is 2.16. The molecule has 5 nitrogen and oxygen atoms in total. The van der Waals surface area contributed by atoms with Gasteiger partial charge < -0.3 is 15.0 Å². The van der Waals surface area contributed by atoms with Gasteiger partial charge in [-0.25, -0.2) is 9.37 Å². The second kappa shape index (κ2) is 6.97. The number of rotatable bonds is 3. The summed E-state index contributed by atoms with van der Waals surface area (Å²) in [5.41, 5.74) is 2.79. The van der Waals surface area contributed by atoms with Crippen molar-refractivity contribution in [2.75, 3.05) is 36.5 Å². The average molecular weight is 329 g/mol. The number of pyridine rings is 1. The van der Waals surface area contributed by atoms with Crippen molar-refractivity contribution in [1.29, 1.82) is 0 Å². The summed E-state index contributed by atoms with van der Waals surface area (Å²) in [4.78, 5) is 18.8. The predicted molar refractivity (Wildman–Crippen MR) is 91.1 cm³/mol. The first-order valence-electron chi connectivity index (χ1n) is 7.91. The number of morpholine rings is 1. The summed E-state index contributed by atoms with van der Waals surface area (Å²) >= 11 is 0. The molecule has 1 amide bonds. The molecule has 0 unspecified atom stereocenters. The van der Waals surface area contributed by atoms with E-state index in [0.29, 0.717) is 37.8 Å². The summed E-state index contributed by atoms with van der Waals surface area (Å²) in [6.07, 6.45) is 0. The van der Waals surface area contributed by atoms with Gasteiger partial charge in [-0.05, 0) is 49.7 Å². The molecule has 1 aliphatic heterocycles. The highest BCUT2D eigenvalue weighted by molar-refractivity contribution is 6.04. The molecule has 2 aromatic rings. The molecule has 1 fully saturated rings. The fourth-order valence-electron chi connectivity index (χ4n) is 2.80. The highest BCUT2D eigenvalue weighted by Crippen LogP contribution is 2.21. The first kappa shape index (κ1) is 16.4. The lowest BCUT2D eigenvalue weighted by Gasteiger charge is -2.29. The maximum Gasteiger partial charge on any atom is 0.256 e. The fourth-order valence-corrected chi connectivity index (χ4v) is 2.80. The normalized spacial score (nSPS) is 14.5. The Morgan fingerprint density at radius 1 is 1.17 bits per heavy atom. The molecule has 0 atom stereocenters. The molecule has 0 bridgehead atoms. The van der Waals surface area contributed by atoms with Crippen LogP contribution < -0.4 is 10.2 Å². The van der Waals surface area contributed by atoms with Crippen molar-refractivity contribution in [3.05, 3.63) is 53.0 Å². The minimum absolute atomic E-state index is 0.275. The third kappa shape index (κ3) is 3.89. The molecule has 0 spiro atoms. The van der Waals surface area contributed by atoms with E-state index in [0.717, 1.165) is 11.3 Å². The van der Waals surface area contributed by atoms with Gasteiger partial charge in [0.1, 0.15) is 11.6 Å². The van der Waals surface area contributed by atoms with E-state index in [1.807, 2.05) is 24.8 Å². The third-order valence-electron chi connectivity index (χ3n) is 3.86. The monoisotopic (exact) mass is 329 g/mol. The summed E-state index contributed by atoms with van der Waals surface area (Å²) in [6, 6.07) is 8.09. The number of carbonyl (C=O) groups excluding carboxylic acids is 1. The third-order valence-corrected chi connectivity index (χ3v) is 3.86. The number of hydrogen-bond donors (Lipinski definition) is 1. The summed E-state index contributed by atoms with van der Waals surface area (Å²) in [7, 11) is 0. The number of aryl methyl sites for hydroxylation is 2. The molecule has 1 aromatic heterocycles. The van der Waals surface area contributed by atoms with Gasteiger partial charge in [0.05, 0.1) is 13.2 Å². The average Bonchev–Trinajstić information content (AvgIpc) is 2.54. The van der Waals surface area contributed by atoms with Crippen LogP contribution in [-0.4, -0.2) is 37.2 Å². The van der Waals surface area contributed by atoms with E-state index in [1.165, 1.54) is 12.1 Å². The van der Waals surface area contributed by atoms with E-state index in [-0.39, 0.29) is 11.5 Å². The first-order chi connectivity index (χ1) is 11.5. The van der Waals surface area contributed by atoms with Crippen molar-refractivity contribution in [1.82, 2.24) is 4.98 Å². The number of hydrogen-bond acceptors (Lipinski definition) is 4. The molecule has 1 saturated heterocycles. The van der Waals surface area contributed by atoms with Gasteiger partial charge in [-0.15, -0.1) is 0 Å². The Bertz CT molecular complexity index is 738. The zero-order valence-corrected chi connectivity index (χ0v) is 13.8. The standard InChI is InChI=1S/C18H20FN3O2/c1-12-7-13(2)20-17(8-12)21-18(23)14-9-15(19)11-16(10-14)22-3-5-24-6-4-22/h7-11H,3-6H2,1-2H3,(H,20,21,23). The van der Waals surface area contributed by atoms with E-state index >= 15 is 0 Å². The molecule has 1 N–H and O–H groups in total. The summed E-state index contributed by atoms with van der Waals surface area (Å²) < 4.78 is 19.3. The van der Waals surface area contributed by atoms with Crippen molar-refractivity contribution < 1.29 is 13.9 Å². The number of carbonyl (C=O) groups is 1. The Morgan fingerprint density at radius 3 is 2.62 bits per heavy atom. The van der Waals surface area contributed by atoms with Crippen molar-refractivity contribution in [3.63, 3.8) is 0 Å². The highest BCUT2D eigenvalue weighted by atomic mass is 19.1. The van der Waals surface area contributed by atoms with Crippen LogP contribution in [0.4, 0.5) is 15.9 Å². The van der Waals surface area contributed by atoms with Crippen LogP contribution in [0.2, 0.25) is 0 Å². The van der Waals surface area contributed by atoms with Gasteiger partial charge in [-0.3, -0.25) is 4.79 Å². The molecule has 24 heavy (non-hydrogen) atoms. The van der Waals surface area contributed by atoms with Crippen LogP contribution in [0, 0.1) is 19.7 Å². The molecule has 126 valence electrons. The molecular weight excluding hydrogens is 309 g/mol. The van der Waals surface area contributed by atoms with Crippen LogP contribution in [-0.2, 0) is 4.74 Å². The van der Waals surface area contributed by atoms with E-state index in [9.17, 15) is 9.18 Å². The van der Waals surface area contributed by atoms with Crippen LogP contribution in [0.3, 0.4) is 0 Å². The Balaban J connectivity index is 1.82. The number of benzene rings is 1. The molecule has 0 radical (unpaired) electrons. The van der Waals surface area contributed by atoms with Crippen LogP contribution in [0.15, 0.2) is 30.3 Å². The van der Waals surface area contributed by atoms with Crippen molar-refractivity contribution in [3.8, 4) is 0 Å². The number of amides is 1. The number of nitrogens with one attached hydrogen (secondary N) is 1. The van der Waals surface area contributed by atoms with Crippen molar-refractivity contribution >= 4 is 17.4 Å². The smallest absolute Gasteiger partial charge is 0.256 e. The zero-order chi connectivity index (χ0) is 17.1. The van der Waals surface area contributed by atoms with Gasteiger partial charge in [-0.1, -0.05) is 0 Å². The van der Waals surface area contributed by atoms with Crippen molar-refractivity contribution in [2.45, 2.75) is 13.8 Å². The Labute approximate surface area is 140 Å². The van der Waals surface area contributed by atoms with Crippen LogP contribution in [0.5, 0.6) is 0 Å².